The van der Waals surface area contributed by atoms with Gasteiger partial charge in [0.1, 0.15) is 4.21 Å². The highest BCUT2D eigenvalue weighted by atomic mass is 32.2. The minimum Gasteiger partial charge on any atom is -0.385 e. The van der Waals surface area contributed by atoms with Crippen LogP contribution in [0.1, 0.15) is 17.4 Å². The molecule has 136 valence electrons. The fourth-order valence-electron chi connectivity index (χ4n) is 2.55. The lowest BCUT2D eigenvalue weighted by Crippen LogP contribution is -2.11. The van der Waals surface area contributed by atoms with Gasteiger partial charge in [-0.05, 0) is 54.8 Å². The summed E-state index contributed by atoms with van der Waals surface area (Å²) in [5.41, 5.74) is 2.81. The molecule has 3 aromatic rings. The Morgan fingerprint density at radius 2 is 1.58 bits per heavy atom. The van der Waals surface area contributed by atoms with Gasteiger partial charge in [0.05, 0.1) is 0 Å². The van der Waals surface area contributed by atoms with Crippen molar-refractivity contribution in [1.82, 2.24) is 0 Å². The van der Waals surface area contributed by atoms with Gasteiger partial charge < -0.3 is 5.32 Å². The van der Waals surface area contributed by atoms with Crippen LogP contribution in [0.3, 0.4) is 0 Å². The second kappa shape index (κ2) is 8.38. The predicted molar refractivity (Wildman–Crippen MR) is 110 cm³/mol. The van der Waals surface area contributed by atoms with Crippen LogP contribution < -0.4 is 10.0 Å². The number of aryl methyl sites for hydroxylation is 1. The van der Waals surface area contributed by atoms with Crippen molar-refractivity contribution in [3.63, 3.8) is 0 Å². The summed E-state index contributed by atoms with van der Waals surface area (Å²) < 4.78 is 27.8. The van der Waals surface area contributed by atoms with Crippen LogP contribution >= 0.6 is 11.3 Å². The molecule has 26 heavy (non-hydrogen) atoms. The van der Waals surface area contributed by atoms with E-state index in [0.717, 1.165) is 30.0 Å². The fourth-order valence-corrected chi connectivity index (χ4v) is 4.90. The van der Waals surface area contributed by atoms with E-state index < -0.39 is 10.0 Å². The number of hydrogen-bond donors (Lipinski definition) is 2. The molecule has 0 aliphatic rings. The zero-order valence-electron chi connectivity index (χ0n) is 14.6. The van der Waals surface area contributed by atoms with Crippen molar-refractivity contribution in [3.05, 3.63) is 77.2 Å². The minimum absolute atomic E-state index is 0.347. The number of hydrogen-bond acceptors (Lipinski definition) is 4. The molecular weight excluding hydrogens is 364 g/mol. The Morgan fingerprint density at radius 1 is 0.885 bits per heavy atom. The van der Waals surface area contributed by atoms with Crippen LogP contribution in [0.5, 0.6) is 0 Å². The highest BCUT2D eigenvalue weighted by molar-refractivity contribution is 7.94. The number of rotatable bonds is 8. The van der Waals surface area contributed by atoms with Gasteiger partial charge in [0.15, 0.2) is 0 Å². The second-order valence-electron chi connectivity index (χ2n) is 5.92. The Kier molecular flexibility index (Phi) is 5.96. The molecule has 0 radical (unpaired) electrons. The Labute approximate surface area is 159 Å². The van der Waals surface area contributed by atoms with Crippen LogP contribution in [-0.2, 0) is 22.9 Å². The normalized spacial score (nSPS) is 11.3. The Morgan fingerprint density at radius 3 is 2.23 bits per heavy atom. The molecule has 0 unspecified atom stereocenters. The third-order valence-electron chi connectivity index (χ3n) is 3.97. The average molecular weight is 387 g/mol. The van der Waals surface area contributed by atoms with Crippen molar-refractivity contribution < 1.29 is 8.42 Å². The standard InChI is InChI=1S/C20H22N2O2S2/c1-2-19-12-13-20(25-19)26(23,24)22-18-10-8-17(9-11-18)21-15-14-16-6-4-3-5-7-16/h3-13,21-22H,2,14-15H2,1H3. The highest BCUT2D eigenvalue weighted by Crippen LogP contribution is 2.25. The van der Waals surface area contributed by atoms with E-state index in [4.69, 9.17) is 0 Å². The monoisotopic (exact) mass is 386 g/mol. The van der Waals surface area contributed by atoms with Gasteiger partial charge in [-0.25, -0.2) is 8.42 Å². The molecular formula is C20H22N2O2S2. The summed E-state index contributed by atoms with van der Waals surface area (Å²) in [5.74, 6) is 0. The first kappa shape index (κ1) is 18.5. The molecule has 0 bridgehead atoms. The topological polar surface area (TPSA) is 58.2 Å². The Balaban J connectivity index is 1.57. The van der Waals surface area contributed by atoms with Crippen LogP contribution in [0.2, 0.25) is 0 Å². The zero-order chi connectivity index (χ0) is 18.4. The first-order valence-corrected chi connectivity index (χ1v) is 10.9. The summed E-state index contributed by atoms with van der Waals surface area (Å²) in [6, 6.07) is 21.1. The highest BCUT2D eigenvalue weighted by Gasteiger charge is 2.16. The first-order chi connectivity index (χ1) is 12.6. The van der Waals surface area contributed by atoms with Crippen molar-refractivity contribution in [2.24, 2.45) is 0 Å². The molecule has 0 spiro atoms. The van der Waals surface area contributed by atoms with E-state index in [2.05, 4.69) is 22.2 Å². The number of anilines is 2. The maximum absolute atomic E-state index is 12.4. The van der Waals surface area contributed by atoms with E-state index in [1.54, 1.807) is 18.2 Å². The summed E-state index contributed by atoms with van der Waals surface area (Å²) in [6.45, 7) is 2.84. The largest absolute Gasteiger partial charge is 0.385 e. The van der Waals surface area contributed by atoms with Crippen molar-refractivity contribution >= 4 is 32.7 Å². The van der Waals surface area contributed by atoms with Gasteiger partial charge in [0.25, 0.3) is 10.0 Å². The minimum atomic E-state index is -3.52. The molecule has 0 fully saturated rings. The summed E-state index contributed by atoms with van der Waals surface area (Å²) in [5, 5.41) is 3.35. The molecule has 0 aliphatic carbocycles. The van der Waals surface area contributed by atoms with Gasteiger partial charge in [-0.3, -0.25) is 4.72 Å². The number of thiophene rings is 1. The van der Waals surface area contributed by atoms with Crippen LogP contribution in [0.15, 0.2) is 70.9 Å². The van der Waals surface area contributed by atoms with Crippen LogP contribution in [-0.4, -0.2) is 15.0 Å². The quantitative estimate of drug-likeness (QED) is 0.586. The Bertz CT molecular complexity index is 933. The second-order valence-corrected chi connectivity index (χ2v) is 9.00. The van der Waals surface area contributed by atoms with Gasteiger partial charge in [-0.15, -0.1) is 11.3 Å². The lowest BCUT2D eigenvalue weighted by atomic mass is 10.1. The van der Waals surface area contributed by atoms with Crippen LogP contribution in [0.4, 0.5) is 11.4 Å². The van der Waals surface area contributed by atoms with Gasteiger partial charge in [-0.1, -0.05) is 37.3 Å². The molecule has 0 aliphatic heterocycles. The van der Waals surface area contributed by atoms with E-state index >= 15 is 0 Å². The molecule has 0 saturated carbocycles. The predicted octanol–water partition coefficient (Wildman–Crippen LogP) is 4.77. The molecule has 2 aromatic carbocycles. The molecule has 2 N–H and O–H groups in total. The summed E-state index contributed by atoms with van der Waals surface area (Å²) >= 11 is 1.31. The van der Waals surface area contributed by atoms with E-state index in [0.29, 0.717) is 9.90 Å². The van der Waals surface area contributed by atoms with E-state index in [1.807, 2.05) is 43.3 Å². The van der Waals surface area contributed by atoms with E-state index in [1.165, 1.54) is 16.9 Å². The van der Waals surface area contributed by atoms with Gasteiger partial charge in [0, 0.05) is 22.8 Å². The smallest absolute Gasteiger partial charge is 0.271 e. The van der Waals surface area contributed by atoms with Crippen molar-refractivity contribution in [3.8, 4) is 0 Å². The first-order valence-electron chi connectivity index (χ1n) is 8.56. The molecule has 6 heteroatoms. The SMILES string of the molecule is CCc1ccc(S(=O)(=O)Nc2ccc(NCCc3ccccc3)cc2)s1. The van der Waals surface area contributed by atoms with Gasteiger partial charge >= 0.3 is 0 Å². The lowest BCUT2D eigenvalue weighted by Gasteiger charge is -2.09. The summed E-state index contributed by atoms with van der Waals surface area (Å²) in [7, 11) is -3.52. The number of sulfonamides is 1. The summed E-state index contributed by atoms with van der Waals surface area (Å²) in [4.78, 5) is 1.06. The molecule has 0 saturated heterocycles. The van der Waals surface area contributed by atoms with Crippen molar-refractivity contribution in [2.75, 3.05) is 16.6 Å². The van der Waals surface area contributed by atoms with E-state index in [-0.39, 0.29) is 0 Å². The maximum Gasteiger partial charge on any atom is 0.271 e. The zero-order valence-corrected chi connectivity index (χ0v) is 16.2. The Hall–Kier alpha value is -2.31. The van der Waals surface area contributed by atoms with Gasteiger partial charge in [0.2, 0.25) is 0 Å². The molecule has 0 atom stereocenters. The lowest BCUT2D eigenvalue weighted by molar-refractivity contribution is 0.603. The third-order valence-corrected chi connectivity index (χ3v) is 7.08. The van der Waals surface area contributed by atoms with E-state index in [9.17, 15) is 8.42 Å². The molecule has 0 amide bonds. The fraction of sp³-hybridized carbons (Fsp3) is 0.200. The number of nitrogens with one attached hydrogen (secondary N) is 2. The number of benzene rings is 2. The maximum atomic E-state index is 12.4. The van der Waals surface area contributed by atoms with Crippen LogP contribution in [0, 0.1) is 0 Å². The third kappa shape index (κ3) is 4.86. The summed E-state index contributed by atoms with van der Waals surface area (Å²) in [6.07, 6.45) is 1.77. The van der Waals surface area contributed by atoms with Crippen molar-refractivity contribution in [1.29, 1.82) is 0 Å². The van der Waals surface area contributed by atoms with Gasteiger partial charge in [-0.2, -0.15) is 0 Å². The average Bonchev–Trinajstić information content (AvgIpc) is 3.14. The molecule has 1 heterocycles. The molecule has 4 nitrogen and oxygen atoms in total. The van der Waals surface area contributed by atoms with Crippen LogP contribution in [0.25, 0.3) is 0 Å². The molecule has 1 aromatic heterocycles. The molecule has 3 rings (SSSR count). The van der Waals surface area contributed by atoms with Crippen molar-refractivity contribution in [2.45, 2.75) is 24.0 Å².